The van der Waals surface area contributed by atoms with Gasteiger partial charge in [-0.3, -0.25) is 0 Å². The van der Waals surface area contributed by atoms with E-state index in [4.69, 9.17) is 11.5 Å². The third kappa shape index (κ3) is 3.50. The van der Waals surface area contributed by atoms with E-state index in [2.05, 4.69) is 9.97 Å². The zero-order valence-electron chi connectivity index (χ0n) is 13.6. The molecule has 0 amide bonds. The molecule has 0 unspecified atom stereocenters. The van der Waals surface area contributed by atoms with Crippen molar-refractivity contribution < 1.29 is 13.2 Å². The number of nitrogens with zero attached hydrogens (tertiary/aromatic N) is 2. The number of hydrogen-bond acceptors (Lipinski definition) is 4. The third-order valence-electron chi connectivity index (χ3n) is 4.22. The SMILES string of the molecule is Cc1c(CCc2cccc(C(F)(F)F)c2)ccc2nc(N)nc(N)c12. The van der Waals surface area contributed by atoms with E-state index in [1.165, 1.54) is 12.1 Å². The Morgan fingerprint density at radius 1 is 1.00 bits per heavy atom. The molecule has 0 aliphatic heterocycles. The number of halogens is 3. The van der Waals surface area contributed by atoms with E-state index in [9.17, 15) is 13.2 Å². The Bertz CT molecular complexity index is 935. The summed E-state index contributed by atoms with van der Waals surface area (Å²) in [7, 11) is 0. The lowest BCUT2D eigenvalue weighted by Gasteiger charge is -2.12. The van der Waals surface area contributed by atoms with Gasteiger partial charge in [0.1, 0.15) is 5.82 Å². The van der Waals surface area contributed by atoms with Gasteiger partial charge in [0.25, 0.3) is 0 Å². The smallest absolute Gasteiger partial charge is 0.383 e. The Labute approximate surface area is 142 Å². The zero-order valence-corrected chi connectivity index (χ0v) is 13.6. The van der Waals surface area contributed by atoms with Crippen molar-refractivity contribution in [1.29, 1.82) is 0 Å². The molecule has 0 radical (unpaired) electrons. The summed E-state index contributed by atoms with van der Waals surface area (Å²) in [6.45, 7) is 1.90. The molecule has 7 heteroatoms. The second kappa shape index (κ2) is 6.23. The van der Waals surface area contributed by atoms with Crippen LogP contribution in [0.15, 0.2) is 36.4 Å². The van der Waals surface area contributed by atoms with E-state index in [1.807, 2.05) is 13.0 Å². The standard InChI is InChI=1S/C18H17F3N4/c1-10-12(7-8-14-15(10)16(22)25-17(23)24-14)6-5-11-3-2-4-13(9-11)18(19,20)21/h2-4,7-9H,5-6H2,1H3,(H4,22,23,24,25). The van der Waals surface area contributed by atoms with Crippen LogP contribution in [0.5, 0.6) is 0 Å². The first-order chi connectivity index (χ1) is 11.8. The number of hydrogen-bond donors (Lipinski definition) is 2. The highest BCUT2D eigenvalue weighted by molar-refractivity contribution is 5.92. The van der Waals surface area contributed by atoms with Gasteiger partial charge in [-0.1, -0.05) is 24.3 Å². The molecule has 1 aromatic heterocycles. The fraction of sp³-hybridized carbons (Fsp3) is 0.222. The summed E-state index contributed by atoms with van der Waals surface area (Å²) in [6, 6.07) is 9.10. The molecule has 25 heavy (non-hydrogen) atoms. The summed E-state index contributed by atoms with van der Waals surface area (Å²) >= 11 is 0. The van der Waals surface area contributed by atoms with Gasteiger partial charge in [-0.05, 0) is 48.6 Å². The van der Waals surface area contributed by atoms with Crippen LogP contribution in [0.1, 0.15) is 22.3 Å². The van der Waals surface area contributed by atoms with Crippen molar-refractivity contribution in [1.82, 2.24) is 9.97 Å². The maximum absolute atomic E-state index is 12.8. The minimum Gasteiger partial charge on any atom is -0.383 e. The molecule has 0 bridgehead atoms. The fourth-order valence-electron chi connectivity index (χ4n) is 2.94. The number of anilines is 2. The average molecular weight is 346 g/mol. The highest BCUT2D eigenvalue weighted by Gasteiger charge is 2.30. The first-order valence-electron chi connectivity index (χ1n) is 7.73. The molecule has 0 spiro atoms. The minimum atomic E-state index is -4.33. The lowest BCUT2D eigenvalue weighted by molar-refractivity contribution is -0.137. The summed E-state index contributed by atoms with van der Waals surface area (Å²) in [4.78, 5) is 8.14. The van der Waals surface area contributed by atoms with Crippen molar-refractivity contribution in [3.63, 3.8) is 0 Å². The van der Waals surface area contributed by atoms with Gasteiger partial charge in [-0.2, -0.15) is 18.2 Å². The first-order valence-corrected chi connectivity index (χ1v) is 7.73. The normalized spacial score (nSPS) is 11.8. The van der Waals surface area contributed by atoms with Crippen molar-refractivity contribution in [3.05, 3.63) is 58.7 Å². The Hall–Kier alpha value is -2.83. The van der Waals surface area contributed by atoms with E-state index in [1.54, 1.807) is 12.1 Å². The van der Waals surface area contributed by atoms with E-state index in [-0.39, 0.29) is 5.95 Å². The maximum Gasteiger partial charge on any atom is 0.416 e. The minimum absolute atomic E-state index is 0.112. The van der Waals surface area contributed by atoms with Crippen LogP contribution in [0.3, 0.4) is 0 Å². The van der Waals surface area contributed by atoms with Gasteiger partial charge in [0, 0.05) is 5.39 Å². The second-order valence-corrected chi connectivity index (χ2v) is 5.91. The van der Waals surface area contributed by atoms with Crippen LogP contribution >= 0.6 is 0 Å². The monoisotopic (exact) mass is 346 g/mol. The van der Waals surface area contributed by atoms with Crippen LogP contribution in [-0.4, -0.2) is 9.97 Å². The molecule has 4 nitrogen and oxygen atoms in total. The van der Waals surface area contributed by atoms with Gasteiger partial charge in [-0.15, -0.1) is 0 Å². The Morgan fingerprint density at radius 3 is 2.48 bits per heavy atom. The van der Waals surface area contributed by atoms with Gasteiger partial charge in [0.2, 0.25) is 5.95 Å². The Balaban J connectivity index is 1.88. The molecule has 0 aliphatic carbocycles. The quantitative estimate of drug-likeness (QED) is 0.754. The summed E-state index contributed by atoms with van der Waals surface area (Å²) < 4.78 is 38.4. The second-order valence-electron chi connectivity index (χ2n) is 5.91. The summed E-state index contributed by atoms with van der Waals surface area (Å²) in [5, 5.41) is 0.732. The van der Waals surface area contributed by atoms with Crippen molar-refractivity contribution in [2.24, 2.45) is 0 Å². The number of benzene rings is 2. The van der Waals surface area contributed by atoms with Gasteiger partial charge >= 0.3 is 6.18 Å². The van der Waals surface area contributed by atoms with Crippen molar-refractivity contribution >= 4 is 22.7 Å². The van der Waals surface area contributed by atoms with Crippen LogP contribution < -0.4 is 11.5 Å². The number of aromatic nitrogens is 2. The third-order valence-corrected chi connectivity index (χ3v) is 4.22. The predicted octanol–water partition coefficient (Wildman–Crippen LogP) is 3.91. The topological polar surface area (TPSA) is 77.8 Å². The number of nitrogen functional groups attached to an aromatic ring is 2. The van der Waals surface area contributed by atoms with Crippen molar-refractivity contribution in [2.45, 2.75) is 25.9 Å². The molecule has 0 atom stereocenters. The largest absolute Gasteiger partial charge is 0.416 e. The Morgan fingerprint density at radius 2 is 1.76 bits per heavy atom. The zero-order chi connectivity index (χ0) is 18.2. The van der Waals surface area contributed by atoms with Gasteiger partial charge in [-0.25, -0.2) is 4.98 Å². The van der Waals surface area contributed by atoms with Crippen LogP contribution in [0.25, 0.3) is 10.9 Å². The summed E-state index contributed by atoms with van der Waals surface area (Å²) in [5.41, 5.74) is 14.1. The van der Waals surface area contributed by atoms with Crippen LogP contribution in [-0.2, 0) is 19.0 Å². The van der Waals surface area contributed by atoms with E-state index < -0.39 is 11.7 Å². The first kappa shape index (κ1) is 17.0. The van der Waals surface area contributed by atoms with Gasteiger partial charge in [0.15, 0.2) is 0 Å². The number of alkyl halides is 3. The molecule has 0 saturated heterocycles. The molecular weight excluding hydrogens is 329 g/mol. The molecule has 3 rings (SSSR count). The maximum atomic E-state index is 12.8. The molecule has 4 N–H and O–H groups in total. The molecule has 2 aromatic carbocycles. The predicted molar refractivity (Wildman–Crippen MR) is 92.0 cm³/mol. The van der Waals surface area contributed by atoms with Crippen LogP contribution in [0.2, 0.25) is 0 Å². The number of rotatable bonds is 3. The highest BCUT2D eigenvalue weighted by atomic mass is 19.4. The fourth-order valence-corrected chi connectivity index (χ4v) is 2.94. The molecule has 0 aliphatic rings. The molecule has 1 heterocycles. The molecule has 3 aromatic rings. The van der Waals surface area contributed by atoms with Gasteiger partial charge < -0.3 is 11.5 Å². The molecule has 0 saturated carbocycles. The average Bonchev–Trinajstić information content (AvgIpc) is 2.53. The van der Waals surface area contributed by atoms with Crippen molar-refractivity contribution in [3.8, 4) is 0 Å². The molecule has 130 valence electrons. The number of nitrogens with two attached hydrogens (primary N) is 2. The van der Waals surface area contributed by atoms with Crippen LogP contribution in [0, 0.1) is 6.92 Å². The van der Waals surface area contributed by atoms with E-state index >= 15 is 0 Å². The van der Waals surface area contributed by atoms with Gasteiger partial charge in [0.05, 0.1) is 11.1 Å². The lowest BCUT2D eigenvalue weighted by atomic mass is 9.97. The molecule has 0 fully saturated rings. The van der Waals surface area contributed by atoms with E-state index in [0.29, 0.717) is 29.7 Å². The molecular formula is C18H17F3N4. The summed E-state index contributed by atoms with van der Waals surface area (Å²) in [6.07, 6.45) is -3.25. The summed E-state index contributed by atoms with van der Waals surface area (Å²) in [5.74, 6) is 0.419. The van der Waals surface area contributed by atoms with Crippen LogP contribution in [0.4, 0.5) is 24.9 Å². The Kier molecular flexibility index (Phi) is 4.24. The van der Waals surface area contributed by atoms with Crippen molar-refractivity contribution in [2.75, 3.05) is 11.5 Å². The highest BCUT2D eigenvalue weighted by Crippen LogP contribution is 2.30. The number of aryl methyl sites for hydroxylation is 3. The lowest BCUT2D eigenvalue weighted by Crippen LogP contribution is -2.06. The number of fused-ring (bicyclic) bond motifs is 1. The van der Waals surface area contributed by atoms with E-state index in [0.717, 1.165) is 22.6 Å².